The molecule has 4 heteroatoms. The van der Waals surface area contributed by atoms with Gasteiger partial charge in [-0.05, 0) is 37.0 Å². The highest BCUT2D eigenvalue weighted by molar-refractivity contribution is 6.04. The van der Waals surface area contributed by atoms with Gasteiger partial charge in [0, 0.05) is 12.5 Å². The number of para-hydroxylation sites is 1. The van der Waals surface area contributed by atoms with Gasteiger partial charge in [-0.15, -0.1) is 0 Å². The van der Waals surface area contributed by atoms with Crippen LogP contribution in [0.2, 0.25) is 0 Å². The van der Waals surface area contributed by atoms with Crippen LogP contribution in [0.4, 0.5) is 5.69 Å². The van der Waals surface area contributed by atoms with Crippen LogP contribution in [0.15, 0.2) is 66.7 Å². The Hall–Kier alpha value is -2.88. The molecule has 0 spiro atoms. The van der Waals surface area contributed by atoms with Crippen LogP contribution in [0, 0.1) is 5.92 Å². The first-order valence-electron chi connectivity index (χ1n) is 8.61. The second-order valence-electron chi connectivity index (χ2n) is 6.18. The third kappa shape index (κ3) is 4.57. The van der Waals surface area contributed by atoms with Crippen molar-refractivity contribution in [1.29, 1.82) is 0 Å². The van der Waals surface area contributed by atoms with E-state index in [9.17, 15) is 9.59 Å². The quantitative estimate of drug-likeness (QED) is 0.815. The molecule has 25 heavy (non-hydrogen) atoms. The molecule has 0 fully saturated rings. The highest BCUT2D eigenvalue weighted by Crippen LogP contribution is 2.22. The van der Waals surface area contributed by atoms with Gasteiger partial charge in [-0.25, -0.2) is 0 Å². The van der Waals surface area contributed by atoms with E-state index in [-0.39, 0.29) is 17.7 Å². The Kier molecular flexibility index (Phi) is 5.62. The van der Waals surface area contributed by atoms with Gasteiger partial charge in [0.25, 0.3) is 5.91 Å². The molecule has 0 radical (unpaired) electrons. The summed E-state index contributed by atoms with van der Waals surface area (Å²) in [5, 5.41) is 5.83. The highest BCUT2D eigenvalue weighted by Gasteiger charge is 2.20. The van der Waals surface area contributed by atoms with Crippen LogP contribution in [0.3, 0.4) is 0 Å². The summed E-state index contributed by atoms with van der Waals surface area (Å²) in [6.07, 6.45) is 6.69. The first-order chi connectivity index (χ1) is 12.2. The van der Waals surface area contributed by atoms with Crippen LogP contribution in [0.5, 0.6) is 0 Å². The van der Waals surface area contributed by atoms with E-state index < -0.39 is 0 Å². The molecule has 128 valence electrons. The highest BCUT2D eigenvalue weighted by atomic mass is 16.2. The van der Waals surface area contributed by atoms with E-state index in [0.29, 0.717) is 17.8 Å². The Morgan fingerprint density at radius 1 is 0.960 bits per heavy atom. The minimum absolute atomic E-state index is 0.0207. The van der Waals surface area contributed by atoms with Crippen molar-refractivity contribution in [2.24, 2.45) is 5.92 Å². The number of allylic oxidation sites excluding steroid dienone is 2. The van der Waals surface area contributed by atoms with Gasteiger partial charge >= 0.3 is 0 Å². The molecule has 1 aliphatic rings. The topological polar surface area (TPSA) is 58.2 Å². The molecule has 2 aromatic carbocycles. The number of benzene rings is 2. The van der Waals surface area contributed by atoms with E-state index >= 15 is 0 Å². The molecule has 2 aromatic rings. The number of hydrogen-bond acceptors (Lipinski definition) is 2. The second-order valence-corrected chi connectivity index (χ2v) is 6.18. The minimum atomic E-state index is -0.191. The molecule has 0 saturated heterocycles. The summed E-state index contributed by atoms with van der Waals surface area (Å²) in [5.74, 6) is -0.235. The van der Waals surface area contributed by atoms with Crippen molar-refractivity contribution >= 4 is 17.5 Å². The third-order valence-corrected chi connectivity index (χ3v) is 4.37. The van der Waals surface area contributed by atoms with Crippen LogP contribution in [0.1, 0.15) is 35.2 Å². The standard InChI is InChI=1S/C21H22N2O2/c24-20(17-11-5-2-6-12-17)23-19-14-8-7-13-18(19)21(25)22-15-16-9-3-1-4-10-16/h1-5,7-10,13-14,17H,6,11-12,15H2,(H,22,25)(H,23,24)/t17-/m0/s1. The molecule has 2 N–H and O–H groups in total. The Bertz CT molecular complexity index is 768. The molecule has 1 aliphatic carbocycles. The van der Waals surface area contributed by atoms with Crippen molar-refractivity contribution in [2.75, 3.05) is 5.32 Å². The summed E-state index contributed by atoms with van der Waals surface area (Å²) in [4.78, 5) is 25.0. The Morgan fingerprint density at radius 2 is 1.72 bits per heavy atom. The Morgan fingerprint density at radius 3 is 2.48 bits per heavy atom. The molecule has 2 amide bonds. The van der Waals surface area contributed by atoms with E-state index in [1.807, 2.05) is 42.5 Å². The van der Waals surface area contributed by atoms with E-state index in [1.54, 1.807) is 18.2 Å². The predicted octanol–water partition coefficient (Wildman–Crippen LogP) is 3.91. The van der Waals surface area contributed by atoms with E-state index in [2.05, 4.69) is 16.7 Å². The van der Waals surface area contributed by atoms with Crippen LogP contribution >= 0.6 is 0 Å². The average molecular weight is 334 g/mol. The Balaban J connectivity index is 1.66. The first kappa shape index (κ1) is 17.0. The van der Waals surface area contributed by atoms with Crippen molar-refractivity contribution in [3.63, 3.8) is 0 Å². The lowest BCUT2D eigenvalue weighted by molar-refractivity contribution is -0.120. The third-order valence-electron chi connectivity index (χ3n) is 4.37. The fourth-order valence-corrected chi connectivity index (χ4v) is 2.93. The van der Waals surface area contributed by atoms with Gasteiger partial charge in [-0.2, -0.15) is 0 Å². The van der Waals surface area contributed by atoms with Gasteiger partial charge in [-0.3, -0.25) is 9.59 Å². The summed E-state index contributed by atoms with van der Waals surface area (Å²) < 4.78 is 0. The summed E-state index contributed by atoms with van der Waals surface area (Å²) >= 11 is 0. The maximum Gasteiger partial charge on any atom is 0.253 e. The molecule has 0 saturated carbocycles. The zero-order valence-electron chi connectivity index (χ0n) is 14.1. The molecule has 0 heterocycles. The molecule has 0 unspecified atom stereocenters. The summed E-state index contributed by atoms with van der Waals surface area (Å²) in [6, 6.07) is 16.9. The normalized spacial score (nSPS) is 16.2. The van der Waals surface area contributed by atoms with Crippen molar-refractivity contribution in [3.05, 3.63) is 77.9 Å². The maximum atomic E-state index is 12.5. The maximum absolute atomic E-state index is 12.5. The number of carbonyl (C=O) groups excluding carboxylic acids is 2. The number of rotatable bonds is 5. The monoisotopic (exact) mass is 334 g/mol. The van der Waals surface area contributed by atoms with Crippen LogP contribution in [-0.2, 0) is 11.3 Å². The lowest BCUT2D eigenvalue weighted by Gasteiger charge is -2.18. The minimum Gasteiger partial charge on any atom is -0.348 e. The van der Waals surface area contributed by atoms with E-state index in [1.165, 1.54) is 0 Å². The van der Waals surface area contributed by atoms with E-state index in [4.69, 9.17) is 0 Å². The van der Waals surface area contributed by atoms with Crippen LogP contribution in [0.25, 0.3) is 0 Å². The van der Waals surface area contributed by atoms with Crippen molar-refractivity contribution in [1.82, 2.24) is 5.32 Å². The van der Waals surface area contributed by atoms with Gasteiger partial charge < -0.3 is 10.6 Å². The van der Waals surface area contributed by atoms with Crippen molar-refractivity contribution < 1.29 is 9.59 Å². The predicted molar refractivity (Wildman–Crippen MR) is 99.2 cm³/mol. The van der Waals surface area contributed by atoms with Gasteiger partial charge in [0.2, 0.25) is 5.91 Å². The average Bonchev–Trinajstić information content (AvgIpc) is 2.68. The van der Waals surface area contributed by atoms with Gasteiger partial charge in [0.15, 0.2) is 0 Å². The van der Waals surface area contributed by atoms with E-state index in [0.717, 1.165) is 24.8 Å². The first-order valence-corrected chi connectivity index (χ1v) is 8.61. The molecule has 3 rings (SSSR count). The molecule has 0 aliphatic heterocycles. The van der Waals surface area contributed by atoms with Crippen molar-refractivity contribution in [3.8, 4) is 0 Å². The number of nitrogens with one attached hydrogen (secondary N) is 2. The largest absolute Gasteiger partial charge is 0.348 e. The Labute approximate surface area is 148 Å². The fraction of sp³-hybridized carbons (Fsp3) is 0.238. The summed E-state index contributed by atoms with van der Waals surface area (Å²) in [5.41, 5.74) is 2.08. The molecule has 1 atom stereocenters. The number of amides is 2. The SMILES string of the molecule is O=C(NCc1ccccc1)c1ccccc1NC(=O)[C@H]1CC=CCC1. The number of carbonyl (C=O) groups is 2. The molecule has 0 bridgehead atoms. The lowest BCUT2D eigenvalue weighted by Crippen LogP contribution is -2.27. The second kappa shape index (κ2) is 8.29. The van der Waals surface area contributed by atoms with Gasteiger partial charge in [0.05, 0.1) is 11.3 Å². The molecular weight excluding hydrogens is 312 g/mol. The fourth-order valence-electron chi connectivity index (χ4n) is 2.93. The molecular formula is C21H22N2O2. The van der Waals surface area contributed by atoms with Gasteiger partial charge in [-0.1, -0.05) is 54.6 Å². The number of hydrogen-bond donors (Lipinski definition) is 2. The number of anilines is 1. The summed E-state index contributed by atoms with van der Waals surface area (Å²) in [6.45, 7) is 0.454. The molecule has 0 aromatic heterocycles. The molecule has 4 nitrogen and oxygen atoms in total. The summed E-state index contributed by atoms with van der Waals surface area (Å²) in [7, 11) is 0. The van der Waals surface area contributed by atoms with Crippen LogP contribution < -0.4 is 10.6 Å². The smallest absolute Gasteiger partial charge is 0.253 e. The van der Waals surface area contributed by atoms with Crippen LogP contribution in [-0.4, -0.2) is 11.8 Å². The van der Waals surface area contributed by atoms with Crippen molar-refractivity contribution in [2.45, 2.75) is 25.8 Å². The lowest BCUT2D eigenvalue weighted by atomic mass is 9.93. The zero-order valence-corrected chi connectivity index (χ0v) is 14.1. The zero-order chi connectivity index (χ0) is 17.5. The van der Waals surface area contributed by atoms with Gasteiger partial charge in [0.1, 0.15) is 0 Å².